The van der Waals surface area contributed by atoms with Crippen molar-refractivity contribution in [3.63, 3.8) is 0 Å². The van der Waals surface area contributed by atoms with Gasteiger partial charge in [-0.1, -0.05) is 12.1 Å². The van der Waals surface area contributed by atoms with E-state index in [0.717, 1.165) is 4.31 Å². The zero-order valence-corrected chi connectivity index (χ0v) is 21.1. The van der Waals surface area contributed by atoms with Crippen LogP contribution in [0.15, 0.2) is 76.4 Å². The molecule has 0 atom stereocenters. The molecular weight excluding hydrogens is 515 g/mol. The van der Waals surface area contributed by atoms with E-state index < -0.39 is 27.4 Å². The van der Waals surface area contributed by atoms with Gasteiger partial charge in [-0.25, -0.2) is 17.6 Å². The minimum absolute atomic E-state index is 0.0795. The predicted octanol–water partition coefficient (Wildman–Crippen LogP) is 3.62. The van der Waals surface area contributed by atoms with E-state index in [9.17, 15) is 22.4 Å². The van der Waals surface area contributed by atoms with Crippen LogP contribution in [-0.2, 0) is 27.8 Å². The molecule has 4 aromatic rings. The topological polar surface area (TPSA) is 115 Å². The van der Waals surface area contributed by atoms with E-state index in [4.69, 9.17) is 9.47 Å². The Hall–Kier alpha value is -4.22. The number of nitrogens with zero attached hydrogens (tertiary/aromatic N) is 1. The molecule has 1 aliphatic heterocycles. The SMILES string of the molecule is COC(=O)c1ccc(S(=O)(=O)N(Cc2ccc(F)cc2)Cc2cc3cc4c(cc3[nH]c2=O)OCCO4)cc1. The first-order valence-corrected chi connectivity index (χ1v) is 13.1. The van der Waals surface area contributed by atoms with Crippen molar-refractivity contribution in [1.82, 2.24) is 9.29 Å². The van der Waals surface area contributed by atoms with Crippen molar-refractivity contribution in [3.8, 4) is 11.5 Å². The van der Waals surface area contributed by atoms with Crippen LogP contribution < -0.4 is 15.0 Å². The Labute approximate surface area is 217 Å². The molecule has 0 saturated carbocycles. The first kappa shape index (κ1) is 25.4. The molecule has 3 aromatic carbocycles. The number of sulfonamides is 1. The van der Waals surface area contributed by atoms with E-state index in [-0.39, 0.29) is 29.1 Å². The molecule has 0 aliphatic carbocycles. The molecule has 9 nitrogen and oxygen atoms in total. The molecule has 0 bridgehead atoms. The van der Waals surface area contributed by atoms with Crippen LogP contribution in [0.5, 0.6) is 11.5 Å². The van der Waals surface area contributed by atoms with Crippen molar-refractivity contribution in [3.05, 3.63) is 99.6 Å². The molecule has 0 radical (unpaired) electrons. The Balaban J connectivity index is 1.54. The molecule has 38 heavy (non-hydrogen) atoms. The number of carbonyl (C=O) groups is 1. The van der Waals surface area contributed by atoms with Gasteiger partial charge in [0.25, 0.3) is 5.56 Å². The smallest absolute Gasteiger partial charge is 0.337 e. The van der Waals surface area contributed by atoms with E-state index >= 15 is 0 Å². The number of fused-ring (bicyclic) bond motifs is 2. The highest BCUT2D eigenvalue weighted by Gasteiger charge is 2.27. The van der Waals surface area contributed by atoms with E-state index in [1.54, 1.807) is 18.2 Å². The van der Waals surface area contributed by atoms with E-state index in [1.165, 1.54) is 55.6 Å². The van der Waals surface area contributed by atoms with Crippen LogP contribution in [0.4, 0.5) is 4.39 Å². The van der Waals surface area contributed by atoms with Crippen LogP contribution in [-0.4, -0.2) is 44.0 Å². The van der Waals surface area contributed by atoms with Gasteiger partial charge < -0.3 is 19.2 Å². The Morgan fingerprint density at radius 3 is 2.29 bits per heavy atom. The summed E-state index contributed by atoms with van der Waals surface area (Å²) < 4.78 is 57.9. The summed E-state index contributed by atoms with van der Waals surface area (Å²) in [6.45, 7) is 0.406. The summed E-state index contributed by atoms with van der Waals surface area (Å²) in [4.78, 5) is 27.5. The number of esters is 1. The Morgan fingerprint density at radius 1 is 0.974 bits per heavy atom. The lowest BCUT2D eigenvalue weighted by atomic mass is 10.1. The lowest BCUT2D eigenvalue weighted by molar-refractivity contribution is 0.0600. The van der Waals surface area contributed by atoms with Crippen LogP contribution >= 0.6 is 0 Å². The molecular formula is C27H23FN2O7S. The van der Waals surface area contributed by atoms with Gasteiger partial charge in [0.2, 0.25) is 10.0 Å². The summed E-state index contributed by atoms with van der Waals surface area (Å²) in [5, 5.41) is 0.644. The third kappa shape index (κ3) is 5.11. The van der Waals surface area contributed by atoms with Crippen LogP contribution in [0.2, 0.25) is 0 Å². The van der Waals surface area contributed by atoms with Gasteiger partial charge in [0.05, 0.1) is 23.1 Å². The number of rotatable bonds is 7. The van der Waals surface area contributed by atoms with Crippen LogP contribution in [0, 0.1) is 5.82 Å². The zero-order chi connectivity index (χ0) is 26.9. The molecule has 196 valence electrons. The summed E-state index contributed by atoms with van der Waals surface area (Å²) in [5.74, 6) is -0.00950. The van der Waals surface area contributed by atoms with Crippen molar-refractivity contribution >= 4 is 26.9 Å². The third-order valence-corrected chi connectivity index (χ3v) is 7.92. The standard InChI is InChI=1S/C27H23FN2O7S/c1-35-27(32)18-4-8-22(9-5-18)38(33,34)30(15-17-2-6-21(28)7-3-17)16-20-12-19-13-24-25(37-11-10-36-24)14-23(19)29-26(20)31/h2-9,12-14H,10-11,15-16H2,1H3,(H,29,31). The lowest BCUT2D eigenvalue weighted by Gasteiger charge is -2.23. The summed E-state index contributed by atoms with van der Waals surface area (Å²) in [6, 6.07) is 15.7. The number of methoxy groups -OCH3 is 1. The Kier molecular flexibility index (Phi) is 6.87. The second-order valence-electron chi connectivity index (χ2n) is 8.62. The van der Waals surface area contributed by atoms with Crippen LogP contribution in [0.3, 0.4) is 0 Å². The largest absolute Gasteiger partial charge is 0.486 e. The maximum atomic E-state index is 13.7. The summed E-state index contributed by atoms with van der Waals surface area (Å²) in [5.41, 5.74) is 0.977. The van der Waals surface area contributed by atoms with Gasteiger partial charge in [-0.3, -0.25) is 4.79 Å². The van der Waals surface area contributed by atoms with E-state index in [1.807, 2.05) is 0 Å². The number of benzene rings is 3. The first-order chi connectivity index (χ1) is 18.2. The van der Waals surface area contributed by atoms with Crippen molar-refractivity contribution < 1.29 is 31.8 Å². The molecule has 1 N–H and O–H groups in total. The number of nitrogens with one attached hydrogen (secondary N) is 1. The van der Waals surface area contributed by atoms with Gasteiger partial charge in [0.15, 0.2) is 11.5 Å². The average Bonchev–Trinajstić information content (AvgIpc) is 2.92. The Bertz CT molecular complexity index is 1670. The van der Waals surface area contributed by atoms with Crippen molar-refractivity contribution in [2.75, 3.05) is 20.3 Å². The molecule has 2 heterocycles. The third-order valence-electron chi connectivity index (χ3n) is 6.12. The minimum Gasteiger partial charge on any atom is -0.486 e. The van der Waals surface area contributed by atoms with Crippen molar-refractivity contribution in [2.45, 2.75) is 18.0 Å². The molecule has 1 aromatic heterocycles. The summed E-state index contributed by atoms with van der Waals surface area (Å²) in [7, 11) is -2.92. The Morgan fingerprint density at radius 2 is 1.63 bits per heavy atom. The number of halogens is 1. The monoisotopic (exact) mass is 538 g/mol. The normalized spacial score (nSPS) is 13.0. The van der Waals surface area contributed by atoms with Gasteiger partial charge in [0, 0.05) is 30.1 Å². The molecule has 0 amide bonds. The maximum absolute atomic E-state index is 13.7. The summed E-state index contributed by atoms with van der Waals surface area (Å²) >= 11 is 0. The fourth-order valence-corrected chi connectivity index (χ4v) is 5.55. The van der Waals surface area contributed by atoms with Gasteiger partial charge in [-0.15, -0.1) is 0 Å². The van der Waals surface area contributed by atoms with Gasteiger partial charge in [-0.05, 0) is 54.1 Å². The number of aromatic amines is 1. The zero-order valence-electron chi connectivity index (χ0n) is 20.3. The second-order valence-corrected chi connectivity index (χ2v) is 10.6. The predicted molar refractivity (Wildman–Crippen MR) is 136 cm³/mol. The highest BCUT2D eigenvalue weighted by atomic mass is 32.2. The molecule has 0 saturated heterocycles. The quantitative estimate of drug-likeness (QED) is 0.358. The number of aromatic nitrogens is 1. The molecule has 0 fully saturated rings. The molecule has 11 heteroatoms. The molecule has 5 rings (SSSR count). The van der Waals surface area contributed by atoms with Gasteiger partial charge in [-0.2, -0.15) is 4.31 Å². The molecule has 0 spiro atoms. The van der Waals surface area contributed by atoms with Crippen LogP contribution in [0.1, 0.15) is 21.5 Å². The fourth-order valence-electron chi connectivity index (χ4n) is 4.14. The minimum atomic E-state index is -4.15. The fraction of sp³-hybridized carbons (Fsp3) is 0.185. The number of carbonyl (C=O) groups excluding carboxylic acids is 1. The van der Waals surface area contributed by atoms with Crippen molar-refractivity contribution in [2.24, 2.45) is 0 Å². The first-order valence-electron chi connectivity index (χ1n) is 11.6. The number of pyridine rings is 1. The van der Waals surface area contributed by atoms with Gasteiger partial charge >= 0.3 is 5.97 Å². The second kappa shape index (κ2) is 10.3. The highest BCUT2D eigenvalue weighted by Crippen LogP contribution is 2.34. The molecule has 0 unspecified atom stereocenters. The maximum Gasteiger partial charge on any atom is 0.337 e. The number of ether oxygens (including phenoxy) is 3. The van der Waals surface area contributed by atoms with E-state index in [0.29, 0.717) is 41.2 Å². The number of hydrogen-bond donors (Lipinski definition) is 1. The average molecular weight is 539 g/mol. The lowest BCUT2D eigenvalue weighted by Crippen LogP contribution is -2.32. The van der Waals surface area contributed by atoms with Crippen molar-refractivity contribution in [1.29, 1.82) is 0 Å². The summed E-state index contributed by atoms with van der Waals surface area (Å²) in [6.07, 6.45) is 0. The van der Waals surface area contributed by atoms with Gasteiger partial charge in [0.1, 0.15) is 19.0 Å². The van der Waals surface area contributed by atoms with E-state index in [2.05, 4.69) is 9.72 Å². The van der Waals surface area contributed by atoms with Crippen LogP contribution in [0.25, 0.3) is 10.9 Å². The number of hydrogen-bond acceptors (Lipinski definition) is 7. The highest BCUT2D eigenvalue weighted by molar-refractivity contribution is 7.89. The number of H-pyrrole nitrogens is 1. The molecule has 1 aliphatic rings.